The second-order valence-corrected chi connectivity index (χ2v) is 14.7. The van der Waals surface area contributed by atoms with E-state index in [9.17, 15) is 9.59 Å². The van der Waals surface area contributed by atoms with Crippen LogP contribution in [0.1, 0.15) is 80.5 Å². The Labute approximate surface area is 297 Å². The lowest BCUT2D eigenvalue weighted by Gasteiger charge is -2.29. The Morgan fingerprint density at radius 2 is 1.43 bits per heavy atom. The molecule has 0 saturated carbocycles. The molecule has 1 saturated heterocycles. The lowest BCUT2D eigenvalue weighted by molar-refractivity contribution is -0.138. The van der Waals surface area contributed by atoms with Crippen molar-refractivity contribution in [3.05, 3.63) is 107 Å². The van der Waals surface area contributed by atoms with Crippen molar-refractivity contribution in [2.45, 2.75) is 71.5 Å². The van der Waals surface area contributed by atoms with Crippen LogP contribution in [0.25, 0.3) is 32.0 Å². The maximum Gasteiger partial charge on any atom is 0.250 e. The highest BCUT2D eigenvalue weighted by molar-refractivity contribution is 7.15. The van der Waals surface area contributed by atoms with E-state index in [-0.39, 0.29) is 23.8 Å². The van der Waals surface area contributed by atoms with Gasteiger partial charge < -0.3 is 15.5 Å². The average Bonchev–Trinajstić information content (AvgIpc) is 3.93. The summed E-state index contributed by atoms with van der Waals surface area (Å²) in [5.41, 5.74) is 5.41. The molecule has 49 heavy (non-hydrogen) atoms. The molecule has 2 unspecified atom stereocenters. The van der Waals surface area contributed by atoms with Crippen LogP contribution in [0, 0.1) is 5.92 Å². The summed E-state index contributed by atoms with van der Waals surface area (Å²) in [5.74, 6) is -0.251. The van der Waals surface area contributed by atoms with Gasteiger partial charge in [-0.2, -0.15) is 0 Å². The number of rotatable bonds is 14. The minimum Gasteiger partial charge on any atom is -0.340 e. The molecule has 0 spiro atoms. The SMILES string of the molecule is CCCNCc1ncc(-c2ccc(-c3ccc(-c4cnc(C5CCCN5C(=O)C(NC(=O)C(CC)CC)c5ccccc5)s4)cc3)cc2)s1. The van der Waals surface area contributed by atoms with Crippen LogP contribution in [0.5, 0.6) is 0 Å². The van der Waals surface area contributed by atoms with E-state index in [1.165, 1.54) is 16.0 Å². The van der Waals surface area contributed by atoms with Gasteiger partial charge >= 0.3 is 0 Å². The lowest BCUT2D eigenvalue weighted by atomic mass is 10.00. The number of thiazole rings is 2. The fourth-order valence-electron chi connectivity index (χ4n) is 6.43. The zero-order valence-corrected chi connectivity index (χ0v) is 30.2. The van der Waals surface area contributed by atoms with Gasteiger partial charge in [0.15, 0.2) is 0 Å². The number of amides is 2. The molecule has 2 amide bonds. The minimum absolute atomic E-state index is 0.0665. The quantitative estimate of drug-likeness (QED) is 0.114. The van der Waals surface area contributed by atoms with Crippen molar-refractivity contribution in [3.63, 3.8) is 0 Å². The molecule has 2 aromatic heterocycles. The molecule has 1 aliphatic heterocycles. The zero-order valence-electron chi connectivity index (χ0n) is 28.5. The Hall–Kier alpha value is -4.18. The second kappa shape index (κ2) is 16.5. The molecule has 2 N–H and O–H groups in total. The molecule has 3 aromatic carbocycles. The summed E-state index contributed by atoms with van der Waals surface area (Å²) < 4.78 is 0. The molecule has 254 valence electrons. The Balaban J connectivity index is 1.14. The van der Waals surface area contributed by atoms with Crippen LogP contribution in [-0.2, 0) is 16.1 Å². The molecule has 0 aliphatic carbocycles. The molecule has 5 aromatic rings. The van der Waals surface area contributed by atoms with E-state index in [4.69, 9.17) is 4.98 Å². The average molecular weight is 692 g/mol. The third-order valence-electron chi connectivity index (χ3n) is 9.30. The zero-order chi connectivity index (χ0) is 34.2. The number of aromatic nitrogens is 2. The van der Waals surface area contributed by atoms with Crippen molar-refractivity contribution in [2.75, 3.05) is 13.1 Å². The molecule has 0 bridgehead atoms. The molecule has 1 aliphatic rings. The summed E-state index contributed by atoms with van der Waals surface area (Å²) >= 11 is 3.38. The number of carbonyl (C=O) groups excluding carboxylic acids is 2. The van der Waals surface area contributed by atoms with Gasteiger partial charge in [-0.05, 0) is 66.5 Å². The number of benzene rings is 3. The van der Waals surface area contributed by atoms with Crippen molar-refractivity contribution < 1.29 is 9.59 Å². The van der Waals surface area contributed by atoms with E-state index in [0.29, 0.717) is 6.54 Å². The van der Waals surface area contributed by atoms with Gasteiger partial charge in [0.2, 0.25) is 11.8 Å². The number of carbonyl (C=O) groups is 2. The van der Waals surface area contributed by atoms with Crippen LogP contribution in [-0.4, -0.2) is 39.8 Å². The summed E-state index contributed by atoms with van der Waals surface area (Å²) in [6.07, 6.45) is 8.25. The van der Waals surface area contributed by atoms with Crippen LogP contribution < -0.4 is 10.6 Å². The minimum atomic E-state index is -0.719. The van der Waals surface area contributed by atoms with Crippen molar-refractivity contribution in [2.24, 2.45) is 5.92 Å². The van der Waals surface area contributed by atoms with E-state index in [1.807, 2.05) is 61.5 Å². The van der Waals surface area contributed by atoms with Crippen LogP contribution in [0.4, 0.5) is 0 Å². The van der Waals surface area contributed by atoms with E-state index < -0.39 is 6.04 Å². The first kappa shape index (κ1) is 34.7. The predicted molar refractivity (Wildman–Crippen MR) is 201 cm³/mol. The van der Waals surface area contributed by atoms with Gasteiger partial charge in [-0.3, -0.25) is 9.59 Å². The van der Waals surface area contributed by atoms with Gasteiger partial charge in [-0.15, -0.1) is 22.7 Å². The molecule has 1 fully saturated rings. The summed E-state index contributed by atoms with van der Waals surface area (Å²) in [5, 5.41) is 8.57. The molecule has 7 nitrogen and oxygen atoms in total. The third-order valence-corrected chi connectivity index (χ3v) is 11.5. The van der Waals surface area contributed by atoms with Crippen LogP contribution in [0.3, 0.4) is 0 Å². The molecule has 3 heterocycles. The fourth-order valence-corrected chi connectivity index (χ4v) is 8.40. The summed E-state index contributed by atoms with van der Waals surface area (Å²) in [6.45, 7) is 8.66. The van der Waals surface area contributed by atoms with Crippen molar-refractivity contribution >= 4 is 34.5 Å². The lowest BCUT2D eigenvalue weighted by Crippen LogP contribution is -2.44. The third kappa shape index (κ3) is 8.18. The molecular weight excluding hydrogens is 647 g/mol. The van der Waals surface area contributed by atoms with E-state index >= 15 is 0 Å². The standard InChI is InChI=1S/C40H45N5O2S2/c1-4-22-41-26-36-42-24-34(48-36)30-18-14-28(15-19-30)29-16-20-31(21-17-29)35-25-43-39(49-35)33-13-10-23-45(33)40(47)37(32-11-8-7-9-12-32)44-38(46)27(5-2)6-3/h7-9,11-12,14-21,24-25,27,33,37,41H,4-6,10,13,22-23,26H2,1-3H3,(H,44,46). The number of hydrogen-bond donors (Lipinski definition) is 2. The monoisotopic (exact) mass is 691 g/mol. The van der Waals surface area contributed by atoms with Crippen molar-refractivity contribution in [3.8, 4) is 32.0 Å². The predicted octanol–water partition coefficient (Wildman–Crippen LogP) is 9.06. The van der Waals surface area contributed by atoms with Gasteiger partial charge in [0.1, 0.15) is 16.1 Å². The van der Waals surface area contributed by atoms with Gasteiger partial charge in [-0.25, -0.2) is 9.97 Å². The highest BCUT2D eigenvalue weighted by Crippen LogP contribution is 2.39. The number of nitrogens with zero attached hydrogens (tertiary/aromatic N) is 3. The van der Waals surface area contributed by atoms with Crippen LogP contribution in [0.2, 0.25) is 0 Å². The van der Waals surface area contributed by atoms with Crippen LogP contribution in [0.15, 0.2) is 91.3 Å². The van der Waals surface area contributed by atoms with Crippen molar-refractivity contribution in [1.82, 2.24) is 25.5 Å². The number of nitrogens with one attached hydrogen (secondary N) is 2. The molecule has 2 atom stereocenters. The second-order valence-electron chi connectivity index (χ2n) is 12.6. The summed E-state index contributed by atoms with van der Waals surface area (Å²) in [6, 6.07) is 26.1. The Morgan fingerprint density at radius 3 is 2.06 bits per heavy atom. The van der Waals surface area contributed by atoms with Gasteiger partial charge in [0.25, 0.3) is 0 Å². The van der Waals surface area contributed by atoms with Gasteiger partial charge in [0, 0.05) is 31.4 Å². The molecular formula is C40H45N5O2S2. The fraction of sp³-hybridized carbons (Fsp3) is 0.350. The Kier molecular flexibility index (Phi) is 11.7. The van der Waals surface area contributed by atoms with Crippen LogP contribution >= 0.6 is 22.7 Å². The Morgan fingerprint density at radius 1 is 0.816 bits per heavy atom. The van der Waals surface area contributed by atoms with Crippen molar-refractivity contribution in [1.29, 1.82) is 0 Å². The highest BCUT2D eigenvalue weighted by Gasteiger charge is 2.37. The smallest absolute Gasteiger partial charge is 0.250 e. The molecule has 9 heteroatoms. The Bertz CT molecular complexity index is 1810. The summed E-state index contributed by atoms with van der Waals surface area (Å²) in [4.78, 5) is 40.9. The van der Waals surface area contributed by atoms with E-state index in [1.54, 1.807) is 22.7 Å². The number of likely N-dealkylation sites (tertiary alicyclic amines) is 1. The first-order valence-electron chi connectivity index (χ1n) is 17.5. The number of hydrogen-bond acceptors (Lipinski definition) is 7. The normalized spacial score (nSPS) is 15.1. The maximum absolute atomic E-state index is 14.1. The maximum atomic E-state index is 14.1. The topological polar surface area (TPSA) is 87.2 Å². The van der Waals surface area contributed by atoms with Gasteiger partial charge in [-0.1, -0.05) is 99.6 Å². The van der Waals surface area contributed by atoms with E-state index in [2.05, 4.69) is 71.1 Å². The largest absolute Gasteiger partial charge is 0.340 e. The van der Waals surface area contributed by atoms with Gasteiger partial charge in [0.05, 0.1) is 15.8 Å². The first-order chi connectivity index (χ1) is 24.0. The molecule has 0 radical (unpaired) electrons. The molecule has 6 rings (SSSR count). The van der Waals surface area contributed by atoms with E-state index in [0.717, 1.165) is 76.8 Å². The summed E-state index contributed by atoms with van der Waals surface area (Å²) in [7, 11) is 0. The highest BCUT2D eigenvalue weighted by atomic mass is 32.1. The first-order valence-corrected chi connectivity index (χ1v) is 19.1.